The highest BCUT2D eigenvalue weighted by Crippen LogP contribution is 2.27. The van der Waals surface area contributed by atoms with E-state index in [0.717, 1.165) is 6.07 Å². The number of carbonyl (C=O) groups excluding carboxylic acids is 1. The molecule has 8 heteroatoms. The molecule has 3 N–H and O–H groups in total. The van der Waals surface area contributed by atoms with E-state index in [0.29, 0.717) is 32.4 Å². The average Bonchev–Trinajstić information content (AvgIpc) is 2.83. The minimum absolute atomic E-state index is 0.372. The van der Waals surface area contributed by atoms with Crippen molar-refractivity contribution in [3.05, 3.63) is 18.0 Å². The molecule has 120 valence electrons. The summed E-state index contributed by atoms with van der Waals surface area (Å²) < 4.78 is 38.4. The third kappa shape index (κ3) is 5.04. The summed E-state index contributed by atoms with van der Waals surface area (Å²) in [6.07, 6.45) is -1.30. The van der Waals surface area contributed by atoms with Crippen molar-refractivity contribution in [2.24, 2.45) is 5.73 Å². The summed E-state index contributed by atoms with van der Waals surface area (Å²) in [5.74, 6) is -0.428. The van der Waals surface area contributed by atoms with Crippen molar-refractivity contribution < 1.29 is 18.0 Å². The van der Waals surface area contributed by atoms with Gasteiger partial charge in [-0.15, -0.1) is 0 Å². The monoisotopic (exact) mass is 306 g/mol. The van der Waals surface area contributed by atoms with Crippen molar-refractivity contribution in [1.82, 2.24) is 15.1 Å². The van der Waals surface area contributed by atoms with Crippen LogP contribution in [0.1, 0.15) is 38.8 Å². The second kappa shape index (κ2) is 6.93. The zero-order valence-corrected chi connectivity index (χ0v) is 12.2. The van der Waals surface area contributed by atoms with Crippen LogP contribution in [0.3, 0.4) is 0 Å². The summed E-state index contributed by atoms with van der Waals surface area (Å²) in [7, 11) is 0. The van der Waals surface area contributed by atoms with Gasteiger partial charge in [0, 0.05) is 12.7 Å². The number of nitrogens with two attached hydrogens (primary N) is 1. The van der Waals surface area contributed by atoms with Gasteiger partial charge in [-0.05, 0) is 38.8 Å². The van der Waals surface area contributed by atoms with Crippen LogP contribution in [-0.2, 0) is 17.5 Å². The van der Waals surface area contributed by atoms with Crippen LogP contribution >= 0.6 is 0 Å². The van der Waals surface area contributed by atoms with E-state index in [4.69, 9.17) is 5.73 Å². The highest BCUT2D eigenvalue weighted by Gasteiger charge is 2.33. The molecule has 0 spiro atoms. The number of unbranched alkanes of at least 4 members (excludes halogenated alkanes) is 1. The Kier molecular flexibility index (Phi) is 5.77. The maximum absolute atomic E-state index is 12.4. The first kappa shape index (κ1) is 17.5. The number of hydrogen-bond donors (Lipinski definition) is 2. The normalized spacial score (nSPS) is 14.9. The summed E-state index contributed by atoms with van der Waals surface area (Å²) in [6.45, 7) is 4.60. The summed E-state index contributed by atoms with van der Waals surface area (Å²) in [4.78, 5) is 11.4. The Balaban J connectivity index is 2.43. The SMILES string of the molecule is CCNC(C)(CCCCn1ccc(C(F)(F)F)n1)C(N)=O. The van der Waals surface area contributed by atoms with E-state index in [2.05, 4.69) is 10.4 Å². The molecule has 21 heavy (non-hydrogen) atoms. The molecular formula is C13H21F3N4O. The highest BCUT2D eigenvalue weighted by molar-refractivity contribution is 5.84. The third-order valence-corrected chi connectivity index (χ3v) is 3.36. The van der Waals surface area contributed by atoms with Gasteiger partial charge in [0.1, 0.15) is 0 Å². The molecule has 0 aliphatic carbocycles. The van der Waals surface area contributed by atoms with Crippen LogP contribution in [0, 0.1) is 0 Å². The minimum atomic E-state index is -4.42. The predicted octanol–water partition coefficient (Wildman–Crippen LogP) is 1.93. The summed E-state index contributed by atoms with van der Waals surface area (Å²) >= 11 is 0. The molecule has 1 atom stereocenters. The number of primary amides is 1. The van der Waals surface area contributed by atoms with Gasteiger partial charge in [-0.1, -0.05) is 6.92 Å². The molecule has 1 unspecified atom stereocenters. The number of carbonyl (C=O) groups is 1. The number of aromatic nitrogens is 2. The van der Waals surface area contributed by atoms with Crippen molar-refractivity contribution >= 4 is 5.91 Å². The molecule has 0 aliphatic heterocycles. The quantitative estimate of drug-likeness (QED) is 0.721. The first-order chi connectivity index (χ1) is 9.69. The number of halogens is 3. The Morgan fingerprint density at radius 2 is 2.10 bits per heavy atom. The van der Waals surface area contributed by atoms with E-state index >= 15 is 0 Å². The van der Waals surface area contributed by atoms with Gasteiger partial charge in [0.25, 0.3) is 0 Å². The number of hydrogen-bond acceptors (Lipinski definition) is 3. The van der Waals surface area contributed by atoms with E-state index in [1.165, 1.54) is 10.9 Å². The van der Waals surface area contributed by atoms with Crippen LogP contribution in [0.25, 0.3) is 0 Å². The molecule has 1 rings (SSSR count). The molecule has 0 fully saturated rings. The molecule has 0 radical (unpaired) electrons. The maximum atomic E-state index is 12.4. The number of alkyl halides is 3. The fraction of sp³-hybridized carbons (Fsp3) is 0.692. The van der Waals surface area contributed by atoms with Gasteiger partial charge in [-0.2, -0.15) is 18.3 Å². The van der Waals surface area contributed by atoms with Gasteiger partial charge >= 0.3 is 6.18 Å². The molecule has 0 bridgehead atoms. The topological polar surface area (TPSA) is 72.9 Å². The van der Waals surface area contributed by atoms with E-state index in [1.807, 2.05) is 6.92 Å². The van der Waals surface area contributed by atoms with Crippen LogP contribution in [0.15, 0.2) is 12.3 Å². The van der Waals surface area contributed by atoms with Crippen molar-refractivity contribution in [2.45, 2.75) is 51.4 Å². The summed E-state index contributed by atoms with van der Waals surface area (Å²) in [5, 5.41) is 6.51. The Morgan fingerprint density at radius 3 is 2.57 bits per heavy atom. The first-order valence-corrected chi connectivity index (χ1v) is 6.84. The van der Waals surface area contributed by atoms with Gasteiger partial charge in [-0.3, -0.25) is 9.48 Å². The van der Waals surface area contributed by atoms with Gasteiger partial charge in [0.05, 0.1) is 5.54 Å². The Morgan fingerprint density at radius 1 is 1.43 bits per heavy atom. The number of amides is 1. The molecule has 1 heterocycles. The van der Waals surface area contributed by atoms with Gasteiger partial charge in [-0.25, -0.2) is 0 Å². The lowest BCUT2D eigenvalue weighted by Gasteiger charge is -2.26. The van der Waals surface area contributed by atoms with Crippen molar-refractivity contribution in [3.8, 4) is 0 Å². The Labute approximate surface area is 121 Å². The van der Waals surface area contributed by atoms with E-state index in [-0.39, 0.29) is 0 Å². The first-order valence-electron chi connectivity index (χ1n) is 6.84. The minimum Gasteiger partial charge on any atom is -0.368 e. The fourth-order valence-electron chi connectivity index (χ4n) is 2.08. The number of likely N-dealkylation sites (N-methyl/N-ethyl adjacent to an activating group) is 1. The standard InChI is InChI=1S/C13H21F3N4O/c1-3-18-12(2,11(17)21)7-4-5-8-20-9-6-10(19-20)13(14,15)16/h6,9,18H,3-5,7-8H2,1-2H3,(H2,17,21). The van der Waals surface area contributed by atoms with Crippen LogP contribution < -0.4 is 11.1 Å². The predicted molar refractivity (Wildman–Crippen MR) is 72.4 cm³/mol. The summed E-state index contributed by atoms with van der Waals surface area (Å²) in [5.41, 5.74) is 3.68. The van der Waals surface area contributed by atoms with Gasteiger partial charge in [0.2, 0.25) is 5.91 Å². The zero-order valence-electron chi connectivity index (χ0n) is 12.2. The third-order valence-electron chi connectivity index (χ3n) is 3.36. The van der Waals surface area contributed by atoms with Gasteiger partial charge < -0.3 is 11.1 Å². The van der Waals surface area contributed by atoms with Crippen LogP contribution in [0.2, 0.25) is 0 Å². The lowest BCUT2D eigenvalue weighted by atomic mass is 9.94. The number of nitrogens with one attached hydrogen (secondary N) is 1. The fourth-order valence-corrected chi connectivity index (χ4v) is 2.08. The molecule has 0 saturated heterocycles. The highest BCUT2D eigenvalue weighted by atomic mass is 19.4. The molecule has 1 aromatic rings. The second-order valence-corrected chi connectivity index (χ2v) is 5.15. The Hall–Kier alpha value is -1.57. The van der Waals surface area contributed by atoms with Crippen LogP contribution in [0.4, 0.5) is 13.2 Å². The van der Waals surface area contributed by atoms with Crippen molar-refractivity contribution in [3.63, 3.8) is 0 Å². The molecule has 0 saturated carbocycles. The molecule has 1 aromatic heterocycles. The second-order valence-electron chi connectivity index (χ2n) is 5.15. The van der Waals surface area contributed by atoms with Crippen molar-refractivity contribution in [2.75, 3.05) is 6.54 Å². The van der Waals surface area contributed by atoms with Crippen molar-refractivity contribution in [1.29, 1.82) is 0 Å². The molecule has 0 aromatic carbocycles. The molecular weight excluding hydrogens is 285 g/mol. The molecule has 0 aliphatic rings. The molecule has 1 amide bonds. The number of nitrogens with zero attached hydrogens (tertiary/aromatic N) is 2. The summed E-state index contributed by atoms with van der Waals surface area (Å²) in [6, 6.07) is 0.951. The van der Waals surface area contributed by atoms with E-state index < -0.39 is 23.3 Å². The maximum Gasteiger partial charge on any atom is 0.435 e. The largest absolute Gasteiger partial charge is 0.435 e. The van der Waals surface area contributed by atoms with E-state index in [9.17, 15) is 18.0 Å². The van der Waals surface area contributed by atoms with Crippen LogP contribution in [0.5, 0.6) is 0 Å². The molecule has 5 nitrogen and oxygen atoms in total. The lowest BCUT2D eigenvalue weighted by molar-refractivity contribution is -0.141. The Bertz CT molecular complexity index is 472. The smallest absolute Gasteiger partial charge is 0.368 e. The van der Waals surface area contributed by atoms with E-state index in [1.54, 1.807) is 6.92 Å². The zero-order chi connectivity index (χ0) is 16.1. The van der Waals surface area contributed by atoms with Gasteiger partial charge in [0.15, 0.2) is 5.69 Å². The average molecular weight is 306 g/mol. The number of aryl methyl sites for hydroxylation is 1. The lowest BCUT2D eigenvalue weighted by Crippen LogP contribution is -2.52. The number of rotatable bonds is 8. The van der Waals surface area contributed by atoms with Crippen LogP contribution in [-0.4, -0.2) is 27.8 Å².